The number of rotatable bonds is 6. The van der Waals surface area contributed by atoms with Crippen LogP contribution in [0.2, 0.25) is 0 Å². The van der Waals surface area contributed by atoms with E-state index in [4.69, 9.17) is 5.26 Å². The molecule has 19 heavy (non-hydrogen) atoms. The first-order valence-electron chi connectivity index (χ1n) is 6.54. The Bertz CT molecular complexity index is 450. The van der Waals surface area contributed by atoms with Gasteiger partial charge >= 0.3 is 0 Å². The van der Waals surface area contributed by atoms with E-state index in [1.165, 1.54) is 0 Å². The van der Waals surface area contributed by atoms with Crippen LogP contribution in [0.4, 0.5) is 0 Å². The highest BCUT2D eigenvalue weighted by atomic mass is 16.2. The molecule has 0 aromatic carbocycles. The van der Waals surface area contributed by atoms with Crippen molar-refractivity contribution in [2.24, 2.45) is 5.92 Å². The van der Waals surface area contributed by atoms with E-state index in [-0.39, 0.29) is 5.91 Å². The van der Waals surface area contributed by atoms with Crippen LogP contribution in [0.3, 0.4) is 0 Å². The number of carbonyl (C=O) groups excluding carboxylic acids is 1. The molecule has 0 aliphatic carbocycles. The van der Waals surface area contributed by atoms with E-state index in [0.717, 1.165) is 18.7 Å². The van der Waals surface area contributed by atoms with Crippen molar-refractivity contribution in [3.05, 3.63) is 30.1 Å². The number of aromatic nitrogens is 1. The topological polar surface area (TPSA) is 69.0 Å². The average molecular weight is 258 g/mol. The van der Waals surface area contributed by atoms with Gasteiger partial charge in [0.1, 0.15) is 0 Å². The number of hydrogen-bond donors (Lipinski definition) is 1. The van der Waals surface area contributed by atoms with E-state index in [9.17, 15) is 4.79 Å². The highest BCUT2D eigenvalue weighted by Gasteiger charge is 2.23. The summed E-state index contributed by atoms with van der Waals surface area (Å²) in [7, 11) is 0. The minimum absolute atomic E-state index is 0.130. The van der Waals surface area contributed by atoms with Crippen LogP contribution in [0, 0.1) is 17.2 Å². The predicted molar refractivity (Wildman–Crippen MR) is 70.9 cm³/mol. The molecular formula is C14H18N4O. The molecule has 5 heteroatoms. The monoisotopic (exact) mass is 258 g/mol. The van der Waals surface area contributed by atoms with Crippen LogP contribution in [0.15, 0.2) is 24.5 Å². The number of hydrogen-bond acceptors (Lipinski definition) is 4. The van der Waals surface area contributed by atoms with Crippen LogP contribution in [-0.2, 0) is 11.3 Å². The number of nitriles is 1. The fraction of sp³-hybridized carbons (Fsp3) is 0.500. The average Bonchev–Trinajstić information content (AvgIpc) is 2.39. The van der Waals surface area contributed by atoms with Crippen molar-refractivity contribution >= 4 is 5.91 Å². The molecule has 100 valence electrons. The third kappa shape index (κ3) is 4.04. The lowest BCUT2D eigenvalue weighted by molar-refractivity contribution is -0.133. The molecule has 0 radical (unpaired) electrons. The van der Waals surface area contributed by atoms with Crippen molar-refractivity contribution in [3.8, 4) is 6.07 Å². The Kier molecular flexibility index (Phi) is 4.87. The maximum atomic E-state index is 12.2. The molecule has 1 aromatic heterocycles. The second-order valence-corrected chi connectivity index (χ2v) is 4.81. The summed E-state index contributed by atoms with van der Waals surface area (Å²) in [5, 5.41) is 11.9. The number of carbonyl (C=O) groups is 1. The van der Waals surface area contributed by atoms with Crippen molar-refractivity contribution in [3.63, 3.8) is 0 Å². The van der Waals surface area contributed by atoms with E-state index < -0.39 is 0 Å². The number of nitrogens with zero attached hydrogens (tertiary/aromatic N) is 3. The number of nitrogens with one attached hydrogen (secondary N) is 1. The van der Waals surface area contributed by atoms with E-state index in [2.05, 4.69) is 16.4 Å². The van der Waals surface area contributed by atoms with Gasteiger partial charge in [-0.15, -0.1) is 0 Å². The summed E-state index contributed by atoms with van der Waals surface area (Å²) in [6.07, 6.45) is 4.41. The van der Waals surface area contributed by atoms with Crippen LogP contribution in [-0.4, -0.2) is 35.4 Å². The van der Waals surface area contributed by atoms with Crippen molar-refractivity contribution < 1.29 is 4.79 Å². The highest BCUT2D eigenvalue weighted by molar-refractivity contribution is 5.76. The van der Waals surface area contributed by atoms with E-state index in [1.54, 1.807) is 17.3 Å². The summed E-state index contributed by atoms with van der Waals surface area (Å²) in [5.41, 5.74) is 1.00. The molecule has 1 aromatic rings. The number of amides is 1. The smallest absolute Gasteiger partial charge is 0.223 e. The first-order valence-corrected chi connectivity index (χ1v) is 6.54. The molecule has 2 heterocycles. The van der Waals surface area contributed by atoms with Crippen molar-refractivity contribution in [2.75, 3.05) is 19.6 Å². The van der Waals surface area contributed by atoms with Gasteiger partial charge in [0.15, 0.2) is 0 Å². The highest BCUT2D eigenvalue weighted by Crippen LogP contribution is 2.13. The van der Waals surface area contributed by atoms with E-state index in [1.807, 2.05) is 12.1 Å². The fourth-order valence-corrected chi connectivity index (χ4v) is 2.06. The van der Waals surface area contributed by atoms with Gasteiger partial charge in [0.25, 0.3) is 0 Å². The summed E-state index contributed by atoms with van der Waals surface area (Å²) in [4.78, 5) is 18.0. The van der Waals surface area contributed by atoms with Crippen LogP contribution in [0.1, 0.15) is 18.4 Å². The summed E-state index contributed by atoms with van der Waals surface area (Å²) < 4.78 is 0. The van der Waals surface area contributed by atoms with Gasteiger partial charge in [-0.3, -0.25) is 9.78 Å². The SMILES string of the molecule is N#CCCN(Cc1cccnc1)C(=O)CC1CNC1. The lowest BCUT2D eigenvalue weighted by Gasteiger charge is -2.29. The standard InChI is InChI=1S/C14H18N4O/c15-4-2-6-18(11-12-3-1-5-16-8-12)14(19)7-13-9-17-10-13/h1,3,5,8,13,17H,2,6-7,9-11H2. The Morgan fingerprint density at radius 1 is 1.58 bits per heavy atom. The Labute approximate surface area is 113 Å². The summed E-state index contributed by atoms with van der Waals surface area (Å²) >= 11 is 0. The Morgan fingerprint density at radius 2 is 2.42 bits per heavy atom. The maximum absolute atomic E-state index is 12.2. The van der Waals surface area contributed by atoms with Gasteiger partial charge in [-0.1, -0.05) is 6.07 Å². The Hall–Kier alpha value is -1.93. The van der Waals surface area contributed by atoms with Crippen LogP contribution < -0.4 is 5.32 Å². The van der Waals surface area contributed by atoms with E-state index >= 15 is 0 Å². The van der Waals surface area contributed by atoms with Gasteiger partial charge in [0, 0.05) is 31.9 Å². The molecule has 2 rings (SSSR count). The minimum atomic E-state index is 0.130. The predicted octanol–water partition coefficient (Wildman–Crippen LogP) is 0.933. The third-order valence-corrected chi connectivity index (χ3v) is 3.27. The lowest BCUT2D eigenvalue weighted by Crippen LogP contribution is -2.45. The minimum Gasteiger partial charge on any atom is -0.337 e. The van der Waals surface area contributed by atoms with Crippen LogP contribution in [0.25, 0.3) is 0 Å². The lowest BCUT2D eigenvalue weighted by atomic mass is 9.98. The molecule has 1 aliphatic rings. The number of pyridine rings is 1. The molecule has 0 spiro atoms. The van der Waals surface area contributed by atoms with Gasteiger partial charge in [-0.2, -0.15) is 5.26 Å². The zero-order valence-electron chi connectivity index (χ0n) is 10.9. The molecule has 1 N–H and O–H groups in total. The van der Waals surface area contributed by atoms with E-state index in [0.29, 0.717) is 31.8 Å². The first kappa shape index (κ1) is 13.5. The van der Waals surface area contributed by atoms with Crippen LogP contribution in [0.5, 0.6) is 0 Å². The quantitative estimate of drug-likeness (QED) is 0.824. The van der Waals surface area contributed by atoms with Gasteiger partial charge in [0.2, 0.25) is 5.91 Å². The molecule has 0 unspecified atom stereocenters. The normalized spacial score (nSPS) is 14.5. The molecular weight excluding hydrogens is 240 g/mol. The van der Waals surface area contributed by atoms with Gasteiger partial charge in [-0.05, 0) is 30.6 Å². The zero-order valence-corrected chi connectivity index (χ0v) is 10.9. The summed E-state index contributed by atoms with van der Waals surface area (Å²) in [5.74, 6) is 0.580. The molecule has 1 fully saturated rings. The summed E-state index contributed by atoms with van der Waals surface area (Å²) in [6.45, 7) is 2.87. The molecule has 1 saturated heterocycles. The van der Waals surface area contributed by atoms with Crippen LogP contribution >= 0.6 is 0 Å². The van der Waals surface area contributed by atoms with Crippen molar-refractivity contribution in [1.82, 2.24) is 15.2 Å². The van der Waals surface area contributed by atoms with Crippen molar-refractivity contribution in [1.29, 1.82) is 5.26 Å². The van der Waals surface area contributed by atoms with Gasteiger partial charge in [-0.25, -0.2) is 0 Å². The Morgan fingerprint density at radius 3 is 3.00 bits per heavy atom. The van der Waals surface area contributed by atoms with Gasteiger partial charge in [0.05, 0.1) is 12.5 Å². The molecule has 0 atom stereocenters. The van der Waals surface area contributed by atoms with Crippen molar-refractivity contribution in [2.45, 2.75) is 19.4 Å². The molecule has 5 nitrogen and oxygen atoms in total. The summed E-state index contributed by atoms with van der Waals surface area (Å²) in [6, 6.07) is 5.91. The molecule has 1 amide bonds. The second kappa shape index (κ2) is 6.86. The zero-order chi connectivity index (χ0) is 13.5. The fourth-order valence-electron chi connectivity index (χ4n) is 2.06. The van der Waals surface area contributed by atoms with Gasteiger partial charge < -0.3 is 10.2 Å². The third-order valence-electron chi connectivity index (χ3n) is 3.27. The molecule has 0 saturated carbocycles. The largest absolute Gasteiger partial charge is 0.337 e. The molecule has 1 aliphatic heterocycles. The molecule has 0 bridgehead atoms. The maximum Gasteiger partial charge on any atom is 0.223 e. The second-order valence-electron chi connectivity index (χ2n) is 4.81. The Balaban J connectivity index is 1.94. The first-order chi connectivity index (χ1) is 9.29.